The quantitative estimate of drug-likeness (QED) is 0.846. The number of rotatable bonds is 2. The van der Waals surface area contributed by atoms with Crippen LogP contribution < -0.4 is 16.1 Å². The number of benzene rings is 1. The van der Waals surface area contributed by atoms with Gasteiger partial charge in [-0.2, -0.15) is 0 Å². The first-order valence-corrected chi connectivity index (χ1v) is 9.61. The normalized spacial score (nSPS) is 24.6. The Morgan fingerprint density at radius 1 is 1.26 bits per heavy atom. The van der Waals surface area contributed by atoms with Crippen molar-refractivity contribution in [2.75, 3.05) is 11.4 Å². The molecule has 3 N–H and O–H groups in total. The number of nitrogens with two attached hydrogens (primary N) is 1. The third kappa shape index (κ3) is 2.48. The van der Waals surface area contributed by atoms with Gasteiger partial charge in [0.15, 0.2) is 0 Å². The highest BCUT2D eigenvalue weighted by atomic mass is 19.1. The van der Waals surface area contributed by atoms with Gasteiger partial charge in [-0.15, -0.1) is 0 Å². The summed E-state index contributed by atoms with van der Waals surface area (Å²) < 4.78 is 17.1. The van der Waals surface area contributed by atoms with Crippen LogP contribution in [0.4, 0.5) is 10.1 Å². The van der Waals surface area contributed by atoms with Crippen molar-refractivity contribution in [3.05, 3.63) is 39.4 Å². The SMILES string of the molecule is N[C@H]1C[C@H]2CCCc3c(c(F)cc4c(=O)c(C(=O)O)cn(C5CC5)c34)N2C1. The van der Waals surface area contributed by atoms with Gasteiger partial charge in [0.25, 0.3) is 0 Å². The molecule has 0 unspecified atom stereocenters. The van der Waals surface area contributed by atoms with Crippen molar-refractivity contribution in [1.82, 2.24) is 4.57 Å². The number of hydrogen-bond donors (Lipinski definition) is 2. The lowest BCUT2D eigenvalue weighted by molar-refractivity contribution is 0.0695. The van der Waals surface area contributed by atoms with E-state index in [1.165, 1.54) is 12.3 Å². The summed E-state index contributed by atoms with van der Waals surface area (Å²) in [4.78, 5) is 26.4. The van der Waals surface area contributed by atoms with Gasteiger partial charge >= 0.3 is 5.97 Å². The molecule has 1 saturated heterocycles. The third-order valence-corrected chi connectivity index (χ3v) is 6.21. The van der Waals surface area contributed by atoms with Crippen LogP contribution in [0.5, 0.6) is 0 Å². The lowest BCUT2D eigenvalue weighted by Crippen LogP contribution is -2.31. The molecule has 1 aromatic carbocycles. The van der Waals surface area contributed by atoms with Gasteiger partial charge in [0.1, 0.15) is 11.4 Å². The first-order valence-electron chi connectivity index (χ1n) is 9.61. The molecule has 2 aromatic rings. The molecule has 3 heterocycles. The summed E-state index contributed by atoms with van der Waals surface area (Å²) in [5.41, 5.74) is 7.37. The number of aromatic nitrogens is 1. The summed E-state index contributed by atoms with van der Waals surface area (Å²) in [6, 6.07) is 1.68. The molecule has 1 saturated carbocycles. The van der Waals surface area contributed by atoms with Crippen molar-refractivity contribution in [3.8, 4) is 0 Å². The maximum absolute atomic E-state index is 15.2. The predicted octanol–water partition coefficient (Wildman–Crippen LogP) is 2.42. The van der Waals surface area contributed by atoms with Crippen LogP contribution in [-0.2, 0) is 6.42 Å². The van der Waals surface area contributed by atoms with Gasteiger partial charge in [0.2, 0.25) is 5.43 Å². The second-order valence-electron chi connectivity index (χ2n) is 8.09. The fourth-order valence-corrected chi connectivity index (χ4v) is 4.91. The molecule has 2 atom stereocenters. The lowest BCUT2D eigenvalue weighted by Gasteiger charge is -2.27. The largest absolute Gasteiger partial charge is 0.477 e. The Kier molecular flexibility index (Phi) is 3.59. The first-order chi connectivity index (χ1) is 13.0. The third-order valence-electron chi connectivity index (χ3n) is 6.21. The van der Waals surface area contributed by atoms with E-state index >= 15 is 4.39 Å². The zero-order valence-corrected chi connectivity index (χ0v) is 14.9. The van der Waals surface area contributed by atoms with Crippen LogP contribution in [0, 0.1) is 5.82 Å². The number of nitrogens with zero attached hydrogens (tertiary/aromatic N) is 2. The van der Waals surface area contributed by atoms with Gasteiger partial charge in [-0.1, -0.05) is 0 Å². The number of halogens is 1. The summed E-state index contributed by atoms with van der Waals surface area (Å²) >= 11 is 0. The van der Waals surface area contributed by atoms with Crippen LogP contribution in [0.25, 0.3) is 10.9 Å². The van der Waals surface area contributed by atoms with Gasteiger partial charge in [-0.25, -0.2) is 9.18 Å². The number of pyridine rings is 1. The number of fused-ring (bicyclic) bond motifs is 5. The van der Waals surface area contributed by atoms with Crippen molar-refractivity contribution in [2.45, 2.75) is 56.7 Å². The average molecular weight is 371 g/mol. The smallest absolute Gasteiger partial charge is 0.341 e. The highest BCUT2D eigenvalue weighted by Gasteiger charge is 2.37. The molecule has 0 spiro atoms. The highest BCUT2D eigenvalue weighted by molar-refractivity contribution is 5.95. The molecule has 0 amide bonds. The van der Waals surface area contributed by atoms with Gasteiger partial charge in [0.05, 0.1) is 11.2 Å². The van der Waals surface area contributed by atoms with Crippen molar-refractivity contribution in [2.24, 2.45) is 5.73 Å². The van der Waals surface area contributed by atoms with E-state index in [1.807, 2.05) is 4.57 Å². The zero-order chi connectivity index (χ0) is 18.9. The number of carbonyl (C=O) groups is 1. The van der Waals surface area contributed by atoms with E-state index in [4.69, 9.17) is 5.73 Å². The summed E-state index contributed by atoms with van der Waals surface area (Å²) in [5, 5.41) is 9.61. The van der Waals surface area contributed by atoms with E-state index in [2.05, 4.69) is 4.90 Å². The van der Waals surface area contributed by atoms with Crippen LogP contribution in [0.3, 0.4) is 0 Å². The molecule has 0 bridgehead atoms. The molecule has 1 aromatic heterocycles. The minimum atomic E-state index is -1.27. The number of carboxylic acid groups (broad SMARTS) is 1. The zero-order valence-electron chi connectivity index (χ0n) is 14.9. The fourth-order valence-electron chi connectivity index (χ4n) is 4.91. The van der Waals surface area contributed by atoms with Crippen LogP contribution in [0.15, 0.2) is 17.1 Å². The van der Waals surface area contributed by atoms with E-state index in [1.54, 1.807) is 0 Å². The van der Waals surface area contributed by atoms with Gasteiger partial charge in [-0.05, 0) is 44.6 Å². The van der Waals surface area contributed by atoms with Crippen molar-refractivity contribution in [3.63, 3.8) is 0 Å². The Hall–Kier alpha value is -2.41. The molecule has 5 rings (SSSR count). The molecule has 142 valence electrons. The maximum atomic E-state index is 15.2. The fraction of sp³-hybridized carbons (Fsp3) is 0.500. The second kappa shape index (κ2) is 5.79. The molecule has 1 aliphatic carbocycles. The topological polar surface area (TPSA) is 88.6 Å². The molecule has 2 fully saturated rings. The summed E-state index contributed by atoms with van der Waals surface area (Å²) in [6.45, 7) is 0.612. The summed E-state index contributed by atoms with van der Waals surface area (Å²) in [5.74, 6) is -1.71. The van der Waals surface area contributed by atoms with Crippen LogP contribution >= 0.6 is 0 Å². The molecular weight excluding hydrogens is 349 g/mol. The lowest BCUT2D eigenvalue weighted by atomic mass is 9.99. The summed E-state index contributed by atoms with van der Waals surface area (Å²) in [7, 11) is 0. The number of anilines is 1. The Balaban J connectivity index is 1.85. The van der Waals surface area contributed by atoms with Gasteiger partial charge < -0.3 is 20.3 Å². The molecular formula is C20H22FN3O3. The first kappa shape index (κ1) is 16.7. The van der Waals surface area contributed by atoms with Crippen LogP contribution in [0.2, 0.25) is 0 Å². The predicted molar refractivity (Wildman–Crippen MR) is 100 cm³/mol. The molecule has 27 heavy (non-hydrogen) atoms. The Labute approximate surface area is 155 Å². The van der Waals surface area contributed by atoms with Crippen molar-refractivity contribution in [1.29, 1.82) is 0 Å². The monoisotopic (exact) mass is 371 g/mol. The minimum Gasteiger partial charge on any atom is -0.477 e. The van der Waals surface area contributed by atoms with E-state index in [0.29, 0.717) is 24.2 Å². The molecule has 2 aliphatic heterocycles. The van der Waals surface area contributed by atoms with Crippen LogP contribution in [-0.4, -0.2) is 34.3 Å². The highest BCUT2D eigenvalue weighted by Crippen LogP contribution is 2.43. The summed E-state index contributed by atoms with van der Waals surface area (Å²) in [6.07, 6.45) is 6.74. The number of carboxylic acids is 1. The van der Waals surface area contributed by atoms with Gasteiger partial charge in [-0.3, -0.25) is 4.79 Å². The average Bonchev–Trinajstić information content (AvgIpc) is 3.40. The number of aryl methyl sites for hydroxylation is 1. The molecule has 0 radical (unpaired) electrons. The Bertz CT molecular complexity index is 1030. The Morgan fingerprint density at radius 3 is 2.74 bits per heavy atom. The second-order valence-corrected chi connectivity index (χ2v) is 8.09. The van der Waals surface area contributed by atoms with E-state index in [9.17, 15) is 14.7 Å². The van der Waals surface area contributed by atoms with Crippen molar-refractivity contribution >= 4 is 22.6 Å². The molecule has 7 heteroatoms. The van der Waals surface area contributed by atoms with E-state index in [-0.39, 0.29) is 29.1 Å². The van der Waals surface area contributed by atoms with Crippen molar-refractivity contribution < 1.29 is 14.3 Å². The minimum absolute atomic E-state index is 0.0241. The van der Waals surface area contributed by atoms with Gasteiger partial charge in [0, 0.05) is 41.8 Å². The van der Waals surface area contributed by atoms with Crippen LogP contribution in [0.1, 0.15) is 54.1 Å². The maximum Gasteiger partial charge on any atom is 0.341 e. The molecule has 6 nitrogen and oxygen atoms in total. The number of aromatic carboxylic acids is 1. The molecule has 3 aliphatic rings. The van der Waals surface area contributed by atoms with E-state index in [0.717, 1.165) is 37.7 Å². The standard InChI is InChI=1S/C20H22FN3O3/c21-16-7-14-17(24(11-4-5-11)9-15(19(14)25)20(26)27)13-3-1-2-12-6-10(22)8-23(12)18(13)16/h7,9-12H,1-6,8,22H2,(H,26,27)/t10-,12+/m0/s1. The number of hydrogen-bond acceptors (Lipinski definition) is 4. The Morgan fingerprint density at radius 2 is 2.04 bits per heavy atom. The van der Waals surface area contributed by atoms with E-state index < -0.39 is 17.2 Å².